The molecule has 0 saturated carbocycles. The minimum absolute atomic E-state index is 0.146. The van der Waals surface area contributed by atoms with Gasteiger partial charge >= 0.3 is 11.9 Å². The van der Waals surface area contributed by atoms with E-state index >= 15 is 0 Å². The number of carboxylic acid groups (broad SMARTS) is 1. The number of rotatable bonds is 7. The van der Waals surface area contributed by atoms with Crippen LogP contribution in [0.5, 0.6) is 0 Å². The van der Waals surface area contributed by atoms with Gasteiger partial charge in [0.15, 0.2) is 4.34 Å². The monoisotopic (exact) mass is 373 g/mol. The third-order valence-electron chi connectivity index (χ3n) is 3.46. The number of benzene rings is 2. The third kappa shape index (κ3) is 4.80. The summed E-state index contributed by atoms with van der Waals surface area (Å²) in [5.41, 5.74) is 3.26. The molecule has 0 bridgehead atoms. The van der Waals surface area contributed by atoms with Gasteiger partial charge < -0.3 is 9.29 Å². The van der Waals surface area contributed by atoms with Crippen LogP contribution in [0.4, 0.5) is 0 Å². The molecule has 0 saturated heterocycles. The van der Waals surface area contributed by atoms with Crippen LogP contribution in [-0.4, -0.2) is 22.0 Å². The summed E-state index contributed by atoms with van der Waals surface area (Å²) in [5, 5.41) is 8.57. The van der Waals surface area contributed by atoms with Crippen molar-refractivity contribution in [2.24, 2.45) is 0 Å². The minimum Gasteiger partial charge on any atom is -0.481 e. The van der Waals surface area contributed by atoms with E-state index in [4.69, 9.17) is 9.29 Å². The summed E-state index contributed by atoms with van der Waals surface area (Å²) >= 11 is 2.35. The highest BCUT2D eigenvalue weighted by Crippen LogP contribution is 2.33. The number of carbonyl (C=O) groups is 2. The molecule has 0 fully saturated rings. The van der Waals surface area contributed by atoms with Crippen LogP contribution in [-0.2, 0) is 20.2 Å². The Morgan fingerprint density at radius 1 is 1.08 bits per heavy atom. The van der Waals surface area contributed by atoms with Gasteiger partial charge in [0.2, 0.25) is 0 Å². The van der Waals surface area contributed by atoms with E-state index < -0.39 is 11.9 Å². The lowest BCUT2D eigenvalue weighted by Gasteiger charge is -2.02. The van der Waals surface area contributed by atoms with Crippen LogP contribution in [0.2, 0.25) is 0 Å². The smallest absolute Gasteiger partial charge is 0.318 e. The van der Waals surface area contributed by atoms with Crippen molar-refractivity contribution in [1.29, 1.82) is 0 Å². The van der Waals surface area contributed by atoms with Gasteiger partial charge in [-0.15, -0.1) is 11.3 Å². The number of thiazole rings is 1. The summed E-state index contributed by atoms with van der Waals surface area (Å²) in [5.74, 6) is -1.58. The average molecular weight is 373 g/mol. The lowest BCUT2D eigenvalue weighted by Crippen LogP contribution is -2.03. The van der Waals surface area contributed by atoms with Crippen LogP contribution in [0.3, 0.4) is 0 Å². The van der Waals surface area contributed by atoms with E-state index in [2.05, 4.69) is 23.2 Å². The second-order valence-electron chi connectivity index (χ2n) is 5.34. The van der Waals surface area contributed by atoms with Crippen LogP contribution in [0.1, 0.15) is 24.0 Å². The van der Waals surface area contributed by atoms with Crippen LogP contribution < -0.4 is 0 Å². The first-order valence-electron chi connectivity index (χ1n) is 7.63. The first kappa shape index (κ1) is 17.4. The topological polar surface area (TPSA) is 76.5 Å². The number of nitrogens with zero attached hydrogens (tertiary/aromatic N) is 1. The largest absolute Gasteiger partial charge is 0.481 e. The maximum absolute atomic E-state index is 11.5. The molecule has 25 heavy (non-hydrogen) atoms. The zero-order valence-corrected chi connectivity index (χ0v) is 14.8. The van der Waals surface area contributed by atoms with E-state index in [0.717, 1.165) is 28.7 Å². The molecule has 3 aromatic rings. The molecule has 7 heteroatoms. The fourth-order valence-corrected chi connectivity index (χ4v) is 3.99. The lowest BCUT2D eigenvalue weighted by atomic mass is 10.0. The van der Waals surface area contributed by atoms with Crippen molar-refractivity contribution in [3.05, 3.63) is 59.7 Å². The van der Waals surface area contributed by atoms with E-state index in [1.54, 1.807) is 0 Å². The first-order valence-corrected chi connectivity index (χ1v) is 9.19. The third-order valence-corrected chi connectivity index (χ3v) is 5.36. The Morgan fingerprint density at radius 2 is 1.88 bits per heavy atom. The molecule has 1 heterocycles. The van der Waals surface area contributed by atoms with Crippen LogP contribution in [0, 0.1) is 0 Å². The van der Waals surface area contributed by atoms with Gasteiger partial charge in [0.05, 0.1) is 23.1 Å². The zero-order valence-electron chi connectivity index (χ0n) is 13.2. The maximum Gasteiger partial charge on any atom is 0.318 e. The molecule has 0 aliphatic heterocycles. The number of carboxylic acids is 1. The molecule has 1 aromatic heterocycles. The standard InChI is InChI=1S/C18H15NO4S2/c20-15(21)9-10-16(22)23-25-18-19-14-8-4-7-13(17(14)24-18)11-12-5-2-1-3-6-12/h1-8H,9-11H2,(H,20,21). The van der Waals surface area contributed by atoms with E-state index in [1.807, 2.05) is 30.3 Å². The number of carbonyl (C=O) groups excluding carboxylic acids is 1. The number of aromatic nitrogens is 1. The summed E-state index contributed by atoms with van der Waals surface area (Å²) in [6.45, 7) is 0. The SMILES string of the molecule is O=C(O)CCC(=O)OSc1nc2cccc(Cc3ccccc3)c2s1. The molecule has 2 aromatic carbocycles. The number of hydrogen-bond donors (Lipinski definition) is 1. The Balaban J connectivity index is 1.71. The van der Waals surface area contributed by atoms with Crippen LogP contribution >= 0.6 is 23.4 Å². The summed E-state index contributed by atoms with van der Waals surface area (Å²) < 4.78 is 6.72. The molecule has 0 spiro atoms. The summed E-state index contributed by atoms with van der Waals surface area (Å²) in [6.07, 6.45) is 0.426. The predicted octanol–water partition coefficient (Wildman–Crippen LogP) is 4.30. The molecule has 0 unspecified atom stereocenters. The van der Waals surface area contributed by atoms with Crippen molar-refractivity contribution in [3.8, 4) is 0 Å². The molecule has 5 nitrogen and oxygen atoms in total. The molecule has 3 rings (SSSR count). The maximum atomic E-state index is 11.5. The highest BCUT2D eigenvalue weighted by molar-refractivity contribution is 7.97. The Bertz CT molecular complexity index is 892. The number of fused-ring (bicyclic) bond motifs is 1. The molecule has 0 radical (unpaired) electrons. The van der Waals surface area contributed by atoms with Crippen molar-refractivity contribution >= 4 is 45.5 Å². The summed E-state index contributed by atoms with van der Waals surface area (Å²) in [4.78, 5) is 26.4. The van der Waals surface area contributed by atoms with Gasteiger partial charge in [0.25, 0.3) is 0 Å². The normalized spacial score (nSPS) is 10.7. The quantitative estimate of drug-likeness (QED) is 0.622. The Hall–Kier alpha value is -2.38. The summed E-state index contributed by atoms with van der Waals surface area (Å²) in [7, 11) is 0. The fraction of sp³-hybridized carbons (Fsp3) is 0.167. The molecule has 1 N–H and O–H groups in total. The first-order chi connectivity index (χ1) is 12.1. The number of hydrogen-bond acceptors (Lipinski definition) is 6. The highest BCUT2D eigenvalue weighted by Gasteiger charge is 2.13. The van der Waals surface area contributed by atoms with Crippen molar-refractivity contribution in [3.63, 3.8) is 0 Å². The molecular formula is C18H15NO4S2. The van der Waals surface area contributed by atoms with E-state index in [0.29, 0.717) is 4.34 Å². The van der Waals surface area contributed by atoms with E-state index in [9.17, 15) is 9.59 Å². The van der Waals surface area contributed by atoms with Crippen molar-refractivity contribution < 1.29 is 18.9 Å². The Kier molecular flexibility index (Phi) is 5.67. The lowest BCUT2D eigenvalue weighted by molar-refractivity contribution is -0.141. The van der Waals surface area contributed by atoms with Gasteiger partial charge in [0, 0.05) is 0 Å². The molecule has 0 aliphatic rings. The van der Waals surface area contributed by atoms with Crippen molar-refractivity contribution in [1.82, 2.24) is 4.98 Å². The molecular weight excluding hydrogens is 358 g/mol. The van der Waals surface area contributed by atoms with Gasteiger partial charge in [-0.05, 0) is 23.6 Å². The molecule has 0 atom stereocenters. The van der Waals surface area contributed by atoms with E-state index in [1.165, 1.54) is 22.5 Å². The molecule has 0 amide bonds. The van der Waals surface area contributed by atoms with Gasteiger partial charge in [-0.3, -0.25) is 9.59 Å². The van der Waals surface area contributed by atoms with Crippen molar-refractivity contribution in [2.75, 3.05) is 0 Å². The van der Waals surface area contributed by atoms with Gasteiger partial charge in [-0.2, -0.15) is 0 Å². The van der Waals surface area contributed by atoms with Gasteiger partial charge in [-0.1, -0.05) is 42.5 Å². The Morgan fingerprint density at radius 3 is 2.64 bits per heavy atom. The molecule has 128 valence electrons. The van der Waals surface area contributed by atoms with Crippen LogP contribution in [0.25, 0.3) is 10.2 Å². The van der Waals surface area contributed by atoms with Crippen LogP contribution in [0.15, 0.2) is 52.9 Å². The van der Waals surface area contributed by atoms with Crippen molar-refractivity contribution in [2.45, 2.75) is 23.6 Å². The minimum atomic E-state index is -1.02. The zero-order chi connectivity index (χ0) is 17.6. The van der Waals surface area contributed by atoms with E-state index in [-0.39, 0.29) is 12.8 Å². The fourth-order valence-electron chi connectivity index (χ4n) is 2.31. The van der Waals surface area contributed by atoms with Gasteiger partial charge in [0.1, 0.15) is 12.0 Å². The second-order valence-corrected chi connectivity index (χ2v) is 7.32. The highest BCUT2D eigenvalue weighted by atomic mass is 32.2. The average Bonchev–Trinajstić information content (AvgIpc) is 3.03. The van der Waals surface area contributed by atoms with Gasteiger partial charge in [-0.25, -0.2) is 4.98 Å². The predicted molar refractivity (Wildman–Crippen MR) is 97.7 cm³/mol. The Labute approximate surface area is 152 Å². The summed E-state index contributed by atoms with van der Waals surface area (Å²) in [6, 6.07) is 16.1. The second kappa shape index (κ2) is 8.13. The number of aliphatic carboxylic acids is 1. The molecule has 0 aliphatic carbocycles.